The molecule has 156 valence electrons. The van der Waals surface area contributed by atoms with Gasteiger partial charge in [0.25, 0.3) is 5.91 Å². The standard InChI is InChI=1S/C21H20ClN3O4S/c1-28-17-9-7-15(11-18(17)29-2)23-19(26)10-8-16-12-30-21(24-16)25-20(27)13-3-5-14(22)6-4-13/h3-7,9,11-12H,8,10H2,1-2H3,(H,23,26)(H,24,25,27). The lowest BCUT2D eigenvalue weighted by Gasteiger charge is -2.10. The summed E-state index contributed by atoms with van der Waals surface area (Å²) in [5, 5.41) is 8.43. The van der Waals surface area contributed by atoms with Gasteiger partial charge in [0.05, 0.1) is 19.9 Å². The zero-order chi connectivity index (χ0) is 21.5. The van der Waals surface area contributed by atoms with E-state index < -0.39 is 0 Å². The highest BCUT2D eigenvalue weighted by Gasteiger charge is 2.11. The number of nitrogens with zero attached hydrogens (tertiary/aromatic N) is 1. The molecule has 0 aliphatic rings. The highest BCUT2D eigenvalue weighted by molar-refractivity contribution is 7.14. The third kappa shape index (κ3) is 5.71. The molecule has 0 aliphatic carbocycles. The van der Waals surface area contributed by atoms with Crippen LogP contribution in [0.25, 0.3) is 0 Å². The molecule has 0 aliphatic heterocycles. The Morgan fingerprint density at radius 1 is 1.03 bits per heavy atom. The molecule has 7 nitrogen and oxygen atoms in total. The first-order valence-corrected chi connectivity index (χ1v) is 10.3. The van der Waals surface area contributed by atoms with E-state index in [1.165, 1.54) is 18.4 Å². The fourth-order valence-corrected chi connectivity index (χ4v) is 3.49. The third-order valence-electron chi connectivity index (χ3n) is 4.15. The van der Waals surface area contributed by atoms with Gasteiger partial charge in [0.1, 0.15) is 0 Å². The molecular formula is C21H20ClN3O4S. The van der Waals surface area contributed by atoms with Crippen molar-refractivity contribution in [1.82, 2.24) is 4.98 Å². The molecule has 2 aromatic carbocycles. The predicted molar refractivity (Wildman–Crippen MR) is 118 cm³/mol. The lowest BCUT2D eigenvalue weighted by molar-refractivity contribution is -0.116. The summed E-state index contributed by atoms with van der Waals surface area (Å²) < 4.78 is 10.4. The highest BCUT2D eigenvalue weighted by Crippen LogP contribution is 2.29. The van der Waals surface area contributed by atoms with Gasteiger partial charge in [0.2, 0.25) is 5.91 Å². The molecule has 1 heterocycles. The molecule has 0 saturated heterocycles. The molecule has 0 radical (unpaired) electrons. The van der Waals surface area contributed by atoms with Crippen molar-refractivity contribution in [3.05, 3.63) is 64.1 Å². The molecule has 3 aromatic rings. The van der Waals surface area contributed by atoms with E-state index in [1.54, 1.807) is 49.6 Å². The second-order valence-electron chi connectivity index (χ2n) is 6.22. The van der Waals surface area contributed by atoms with Crippen LogP contribution in [-0.2, 0) is 11.2 Å². The van der Waals surface area contributed by atoms with Crippen LogP contribution in [-0.4, -0.2) is 31.0 Å². The molecule has 30 heavy (non-hydrogen) atoms. The predicted octanol–water partition coefficient (Wildman–Crippen LogP) is 4.64. The van der Waals surface area contributed by atoms with Crippen molar-refractivity contribution in [1.29, 1.82) is 0 Å². The lowest BCUT2D eigenvalue weighted by Crippen LogP contribution is -2.13. The molecule has 0 spiro atoms. The largest absolute Gasteiger partial charge is 0.493 e. The van der Waals surface area contributed by atoms with Crippen molar-refractivity contribution >= 4 is 45.6 Å². The van der Waals surface area contributed by atoms with Gasteiger partial charge in [0, 0.05) is 34.1 Å². The molecule has 2 N–H and O–H groups in total. The molecule has 1 aromatic heterocycles. The van der Waals surface area contributed by atoms with Crippen molar-refractivity contribution in [3.63, 3.8) is 0 Å². The Bertz CT molecular complexity index is 1040. The summed E-state index contributed by atoms with van der Waals surface area (Å²) in [6.07, 6.45) is 0.703. The van der Waals surface area contributed by atoms with Gasteiger partial charge in [0.15, 0.2) is 16.6 Å². The van der Waals surface area contributed by atoms with Gasteiger partial charge in [-0.3, -0.25) is 14.9 Å². The average molecular weight is 446 g/mol. The van der Waals surface area contributed by atoms with E-state index >= 15 is 0 Å². The number of thiazole rings is 1. The Kier molecular flexibility index (Phi) is 7.26. The summed E-state index contributed by atoms with van der Waals surface area (Å²) in [4.78, 5) is 28.8. The highest BCUT2D eigenvalue weighted by atomic mass is 35.5. The van der Waals surface area contributed by atoms with Crippen LogP contribution in [0.4, 0.5) is 10.8 Å². The summed E-state index contributed by atoms with van der Waals surface area (Å²) in [6, 6.07) is 11.8. The third-order valence-corrected chi connectivity index (χ3v) is 5.21. The number of nitrogens with one attached hydrogen (secondary N) is 2. The zero-order valence-electron chi connectivity index (χ0n) is 16.4. The lowest BCUT2D eigenvalue weighted by atomic mass is 10.2. The van der Waals surface area contributed by atoms with Crippen molar-refractivity contribution in [3.8, 4) is 11.5 Å². The monoisotopic (exact) mass is 445 g/mol. The van der Waals surface area contributed by atoms with Crippen LogP contribution in [0.5, 0.6) is 11.5 Å². The number of hydrogen-bond acceptors (Lipinski definition) is 6. The fraction of sp³-hybridized carbons (Fsp3) is 0.190. The minimum absolute atomic E-state index is 0.151. The normalized spacial score (nSPS) is 10.4. The minimum Gasteiger partial charge on any atom is -0.493 e. The van der Waals surface area contributed by atoms with Gasteiger partial charge in [-0.25, -0.2) is 4.98 Å². The van der Waals surface area contributed by atoms with E-state index in [1.807, 2.05) is 5.38 Å². The molecular weight excluding hydrogens is 426 g/mol. The SMILES string of the molecule is COc1ccc(NC(=O)CCc2csc(NC(=O)c3ccc(Cl)cc3)n2)cc1OC. The van der Waals surface area contributed by atoms with E-state index in [2.05, 4.69) is 15.6 Å². The van der Waals surface area contributed by atoms with Gasteiger partial charge in [-0.05, 0) is 42.8 Å². The van der Waals surface area contributed by atoms with Crippen molar-refractivity contribution in [2.24, 2.45) is 0 Å². The maximum Gasteiger partial charge on any atom is 0.257 e. The number of ether oxygens (including phenoxy) is 2. The number of hydrogen-bond donors (Lipinski definition) is 2. The van der Waals surface area contributed by atoms with E-state index in [0.717, 1.165) is 5.69 Å². The maximum absolute atomic E-state index is 12.2. The van der Waals surface area contributed by atoms with Gasteiger partial charge < -0.3 is 14.8 Å². The molecule has 0 saturated carbocycles. The van der Waals surface area contributed by atoms with E-state index in [0.29, 0.717) is 39.3 Å². The number of aromatic nitrogens is 1. The summed E-state index contributed by atoms with van der Waals surface area (Å²) in [6.45, 7) is 0. The van der Waals surface area contributed by atoms with Crippen molar-refractivity contribution in [2.75, 3.05) is 24.9 Å². The van der Waals surface area contributed by atoms with Crippen LogP contribution < -0.4 is 20.1 Å². The first kappa shape index (κ1) is 21.6. The van der Waals surface area contributed by atoms with E-state index in [-0.39, 0.29) is 18.2 Å². The number of methoxy groups -OCH3 is 2. The van der Waals surface area contributed by atoms with Crippen LogP contribution in [0, 0.1) is 0 Å². The maximum atomic E-state index is 12.2. The summed E-state index contributed by atoms with van der Waals surface area (Å²) in [5.74, 6) is 0.711. The van der Waals surface area contributed by atoms with Crippen LogP contribution >= 0.6 is 22.9 Å². The fourth-order valence-electron chi connectivity index (χ4n) is 2.63. The second-order valence-corrected chi connectivity index (χ2v) is 7.52. The number of carbonyl (C=O) groups is 2. The Hall–Kier alpha value is -3.10. The van der Waals surface area contributed by atoms with Crippen LogP contribution in [0.3, 0.4) is 0 Å². The van der Waals surface area contributed by atoms with Gasteiger partial charge in [-0.1, -0.05) is 11.6 Å². The zero-order valence-corrected chi connectivity index (χ0v) is 18.0. The summed E-state index contributed by atoms with van der Waals surface area (Å²) >= 11 is 7.14. The molecule has 0 fully saturated rings. The topological polar surface area (TPSA) is 89.6 Å². The number of rotatable bonds is 8. The van der Waals surface area contributed by atoms with Gasteiger partial charge in [-0.2, -0.15) is 0 Å². The first-order chi connectivity index (χ1) is 14.5. The number of carbonyl (C=O) groups excluding carboxylic acids is 2. The molecule has 3 rings (SSSR count). The second kappa shape index (κ2) is 10.1. The smallest absolute Gasteiger partial charge is 0.257 e. The Morgan fingerprint density at radius 2 is 1.77 bits per heavy atom. The van der Waals surface area contributed by atoms with Gasteiger partial charge >= 0.3 is 0 Å². The number of halogens is 1. The van der Waals surface area contributed by atoms with Crippen molar-refractivity contribution < 1.29 is 19.1 Å². The number of aryl methyl sites for hydroxylation is 1. The first-order valence-electron chi connectivity index (χ1n) is 9.01. The molecule has 0 bridgehead atoms. The van der Waals surface area contributed by atoms with Crippen molar-refractivity contribution in [2.45, 2.75) is 12.8 Å². The summed E-state index contributed by atoms with van der Waals surface area (Å²) in [5.41, 5.74) is 1.84. The molecule has 0 atom stereocenters. The number of amides is 2. The van der Waals surface area contributed by atoms with Gasteiger partial charge in [-0.15, -0.1) is 11.3 Å². The molecule has 2 amide bonds. The van der Waals surface area contributed by atoms with Crippen LogP contribution in [0.2, 0.25) is 5.02 Å². The van der Waals surface area contributed by atoms with E-state index in [9.17, 15) is 9.59 Å². The number of benzene rings is 2. The summed E-state index contributed by atoms with van der Waals surface area (Å²) in [7, 11) is 3.09. The Morgan fingerprint density at radius 3 is 2.47 bits per heavy atom. The Balaban J connectivity index is 1.52. The molecule has 0 unspecified atom stereocenters. The van der Waals surface area contributed by atoms with Crippen LogP contribution in [0.1, 0.15) is 22.5 Å². The quantitative estimate of drug-likeness (QED) is 0.527. The van der Waals surface area contributed by atoms with E-state index in [4.69, 9.17) is 21.1 Å². The molecule has 9 heteroatoms. The average Bonchev–Trinajstić information content (AvgIpc) is 3.20. The van der Waals surface area contributed by atoms with Crippen LogP contribution in [0.15, 0.2) is 47.8 Å². The number of anilines is 2. The Labute approximate surface area is 183 Å². The minimum atomic E-state index is -0.265.